The van der Waals surface area contributed by atoms with Crippen LogP contribution >= 0.6 is 0 Å². The van der Waals surface area contributed by atoms with Crippen LogP contribution in [0.1, 0.15) is 22.9 Å². The van der Waals surface area contributed by atoms with Crippen LogP contribution in [0.3, 0.4) is 0 Å². The summed E-state index contributed by atoms with van der Waals surface area (Å²) in [5, 5.41) is 15.8. The maximum Gasteiger partial charge on any atom is 0.295 e. The van der Waals surface area contributed by atoms with E-state index in [-0.39, 0.29) is 17.9 Å². The predicted molar refractivity (Wildman–Crippen MR) is 131 cm³/mol. The lowest BCUT2D eigenvalue weighted by Crippen LogP contribution is -2.42. The van der Waals surface area contributed by atoms with Gasteiger partial charge >= 0.3 is 0 Å². The van der Waals surface area contributed by atoms with Crippen molar-refractivity contribution in [3.8, 4) is 5.69 Å². The van der Waals surface area contributed by atoms with E-state index in [2.05, 4.69) is 10.00 Å². The summed E-state index contributed by atoms with van der Waals surface area (Å²) in [5.41, 5.74) is 2.31. The Morgan fingerprint density at radius 2 is 1.75 bits per heavy atom. The first-order valence-corrected chi connectivity index (χ1v) is 11.9. The van der Waals surface area contributed by atoms with E-state index in [0.29, 0.717) is 36.6 Å². The molecular weight excluding hydrogens is 463 g/mol. The van der Waals surface area contributed by atoms with E-state index in [1.807, 2.05) is 30.3 Å². The quantitative estimate of drug-likeness (QED) is 0.325. The van der Waals surface area contributed by atoms with Crippen molar-refractivity contribution in [1.82, 2.24) is 19.6 Å². The SMILES string of the molecule is Cc1c(C(O)=C2C(=O)C(=O)N(CCN3CCOCC3)[C@@H]2c2ccc(F)cc2)cnn1-c1ccccc1. The lowest BCUT2D eigenvalue weighted by atomic mass is 9.95. The Morgan fingerprint density at radius 1 is 1.06 bits per heavy atom. The van der Waals surface area contributed by atoms with Crippen LogP contribution in [0, 0.1) is 12.7 Å². The molecule has 1 aromatic heterocycles. The summed E-state index contributed by atoms with van der Waals surface area (Å²) in [6.07, 6.45) is 1.49. The van der Waals surface area contributed by atoms with Gasteiger partial charge < -0.3 is 14.7 Å². The van der Waals surface area contributed by atoms with Gasteiger partial charge in [0.2, 0.25) is 0 Å². The number of Topliss-reactive ketones (excluding diaryl/α,β-unsaturated/α-hetero) is 1. The van der Waals surface area contributed by atoms with Gasteiger partial charge in [0.1, 0.15) is 11.6 Å². The minimum absolute atomic E-state index is 0.0238. The van der Waals surface area contributed by atoms with Crippen molar-refractivity contribution in [2.75, 3.05) is 39.4 Å². The Balaban J connectivity index is 1.55. The van der Waals surface area contributed by atoms with E-state index in [4.69, 9.17) is 4.74 Å². The Bertz CT molecular complexity index is 1300. The predicted octanol–water partition coefficient (Wildman–Crippen LogP) is 3.07. The second kappa shape index (κ2) is 10.0. The lowest BCUT2D eigenvalue weighted by molar-refractivity contribution is -0.140. The third-order valence-electron chi connectivity index (χ3n) is 6.75. The molecule has 0 bridgehead atoms. The number of likely N-dealkylation sites (tertiary alicyclic amines) is 1. The smallest absolute Gasteiger partial charge is 0.295 e. The van der Waals surface area contributed by atoms with Gasteiger partial charge in [-0.1, -0.05) is 30.3 Å². The van der Waals surface area contributed by atoms with E-state index in [9.17, 15) is 19.1 Å². The Labute approximate surface area is 208 Å². The van der Waals surface area contributed by atoms with E-state index in [1.54, 1.807) is 23.7 Å². The maximum absolute atomic E-state index is 13.7. The average Bonchev–Trinajstić information content (AvgIpc) is 3.41. The largest absolute Gasteiger partial charge is 0.507 e. The van der Waals surface area contributed by atoms with Crippen molar-refractivity contribution in [2.24, 2.45) is 0 Å². The molecule has 2 aliphatic heterocycles. The summed E-state index contributed by atoms with van der Waals surface area (Å²) in [4.78, 5) is 30.1. The van der Waals surface area contributed by atoms with Crippen LogP contribution in [0.15, 0.2) is 66.4 Å². The first-order valence-electron chi connectivity index (χ1n) is 11.9. The van der Waals surface area contributed by atoms with Crippen molar-refractivity contribution in [2.45, 2.75) is 13.0 Å². The molecule has 0 spiro atoms. The Hall–Kier alpha value is -3.82. The number of hydrogen-bond acceptors (Lipinski definition) is 6. The molecule has 1 amide bonds. The number of para-hydroxylation sites is 1. The molecule has 0 unspecified atom stereocenters. The molecule has 1 N–H and O–H groups in total. The number of rotatable bonds is 6. The van der Waals surface area contributed by atoms with Crippen LogP contribution in [-0.4, -0.2) is 75.8 Å². The first kappa shape index (κ1) is 23.9. The second-order valence-corrected chi connectivity index (χ2v) is 8.89. The topological polar surface area (TPSA) is 87.9 Å². The summed E-state index contributed by atoms with van der Waals surface area (Å²) >= 11 is 0. The van der Waals surface area contributed by atoms with Crippen LogP contribution < -0.4 is 0 Å². The summed E-state index contributed by atoms with van der Waals surface area (Å²) in [6.45, 7) is 5.34. The molecule has 9 heteroatoms. The monoisotopic (exact) mass is 490 g/mol. The fourth-order valence-electron chi connectivity index (χ4n) is 4.79. The second-order valence-electron chi connectivity index (χ2n) is 8.89. The van der Waals surface area contributed by atoms with Crippen molar-refractivity contribution in [3.63, 3.8) is 0 Å². The number of amides is 1. The zero-order valence-corrected chi connectivity index (χ0v) is 19.9. The van der Waals surface area contributed by atoms with E-state index < -0.39 is 23.5 Å². The molecule has 0 radical (unpaired) electrons. The molecule has 2 saturated heterocycles. The number of morpholine rings is 1. The van der Waals surface area contributed by atoms with Crippen LogP contribution in [0.5, 0.6) is 0 Å². The van der Waals surface area contributed by atoms with E-state index >= 15 is 0 Å². The van der Waals surface area contributed by atoms with Crippen LogP contribution in [0.4, 0.5) is 4.39 Å². The number of aromatic nitrogens is 2. The maximum atomic E-state index is 13.7. The fraction of sp³-hybridized carbons (Fsp3) is 0.296. The Kier molecular flexibility index (Phi) is 6.67. The van der Waals surface area contributed by atoms with Crippen molar-refractivity contribution >= 4 is 17.4 Å². The molecule has 36 heavy (non-hydrogen) atoms. The highest BCUT2D eigenvalue weighted by Gasteiger charge is 2.46. The van der Waals surface area contributed by atoms with Gasteiger partial charge in [-0.05, 0) is 36.8 Å². The normalized spacial score (nSPS) is 20.3. The number of halogens is 1. The third-order valence-corrected chi connectivity index (χ3v) is 6.75. The highest BCUT2D eigenvalue weighted by atomic mass is 19.1. The fourth-order valence-corrected chi connectivity index (χ4v) is 4.79. The van der Waals surface area contributed by atoms with Crippen molar-refractivity contribution < 1.29 is 23.8 Å². The molecule has 186 valence electrons. The summed E-state index contributed by atoms with van der Waals surface area (Å²) < 4.78 is 20.8. The number of aliphatic hydroxyl groups excluding tert-OH is 1. The van der Waals surface area contributed by atoms with Gasteiger partial charge in [0.25, 0.3) is 11.7 Å². The number of carbonyl (C=O) groups is 2. The van der Waals surface area contributed by atoms with E-state index in [0.717, 1.165) is 18.8 Å². The van der Waals surface area contributed by atoms with Gasteiger partial charge in [0.05, 0.1) is 48.0 Å². The zero-order chi connectivity index (χ0) is 25.2. The molecular formula is C27H27FN4O4. The summed E-state index contributed by atoms with van der Waals surface area (Å²) in [5.74, 6) is -2.18. The standard InChI is InChI=1S/C27H27FN4O4/c1-18-22(17-29-32(18)21-5-3-2-4-6-21)25(33)23-24(19-7-9-20(28)10-8-19)31(27(35)26(23)34)12-11-30-13-15-36-16-14-30/h2-10,17,24,33H,11-16H2,1H3/t24-/m1/s1. The lowest BCUT2D eigenvalue weighted by Gasteiger charge is -2.31. The number of hydrogen-bond donors (Lipinski definition) is 1. The molecule has 3 heterocycles. The minimum Gasteiger partial charge on any atom is -0.507 e. The molecule has 0 saturated carbocycles. The number of carbonyl (C=O) groups excluding carboxylic acids is 2. The van der Waals surface area contributed by atoms with Gasteiger partial charge in [-0.25, -0.2) is 9.07 Å². The number of ketones is 1. The van der Waals surface area contributed by atoms with Gasteiger partial charge in [-0.2, -0.15) is 5.10 Å². The van der Waals surface area contributed by atoms with Crippen molar-refractivity contribution in [3.05, 3.63) is 89.0 Å². The molecule has 2 aromatic carbocycles. The molecule has 2 aliphatic rings. The first-order chi connectivity index (χ1) is 17.5. The third kappa shape index (κ3) is 4.43. The molecule has 0 aliphatic carbocycles. The zero-order valence-electron chi connectivity index (χ0n) is 19.9. The van der Waals surface area contributed by atoms with Crippen LogP contribution in [0.2, 0.25) is 0 Å². The number of benzene rings is 2. The minimum atomic E-state index is -0.842. The highest BCUT2D eigenvalue weighted by Crippen LogP contribution is 2.40. The molecule has 2 fully saturated rings. The Morgan fingerprint density at radius 3 is 2.44 bits per heavy atom. The molecule has 8 nitrogen and oxygen atoms in total. The number of aliphatic hydroxyl groups is 1. The van der Waals surface area contributed by atoms with Crippen LogP contribution in [0.25, 0.3) is 11.4 Å². The van der Waals surface area contributed by atoms with Crippen molar-refractivity contribution in [1.29, 1.82) is 0 Å². The van der Waals surface area contributed by atoms with Gasteiger partial charge in [-0.15, -0.1) is 0 Å². The van der Waals surface area contributed by atoms with Gasteiger partial charge in [0, 0.05) is 26.2 Å². The molecule has 5 rings (SSSR count). The number of nitrogens with zero attached hydrogens (tertiary/aromatic N) is 4. The highest BCUT2D eigenvalue weighted by molar-refractivity contribution is 6.46. The number of ether oxygens (including phenoxy) is 1. The summed E-state index contributed by atoms with van der Waals surface area (Å²) in [7, 11) is 0. The van der Waals surface area contributed by atoms with Gasteiger partial charge in [-0.3, -0.25) is 14.5 Å². The van der Waals surface area contributed by atoms with Gasteiger partial charge in [0.15, 0.2) is 0 Å². The average molecular weight is 491 g/mol. The summed E-state index contributed by atoms with van der Waals surface area (Å²) in [6, 6.07) is 14.2. The molecule has 3 aromatic rings. The van der Waals surface area contributed by atoms with E-state index in [1.165, 1.54) is 23.2 Å². The van der Waals surface area contributed by atoms with Crippen LogP contribution in [-0.2, 0) is 14.3 Å². The molecule has 1 atom stereocenters.